The maximum Gasteiger partial charge on any atom is 0.339 e. The molecular weight excluding hydrogens is 432 g/mol. The molecule has 0 atom stereocenters. The Morgan fingerprint density at radius 1 is 1.12 bits per heavy atom. The van der Waals surface area contributed by atoms with Crippen molar-refractivity contribution in [1.82, 2.24) is 0 Å². The second kappa shape index (κ2) is 6.57. The lowest BCUT2D eigenvalue weighted by Crippen LogP contribution is -2.16. The Morgan fingerprint density at radius 3 is 2.27 bits per heavy atom. The Hall–Kier alpha value is -2.10. The molecule has 9 heteroatoms. The predicted molar refractivity (Wildman–Crippen MR) is 94.4 cm³/mol. The van der Waals surface area contributed by atoms with Gasteiger partial charge in [0.1, 0.15) is 18.2 Å². The first-order valence-electron chi connectivity index (χ1n) is 7.28. The SMILES string of the molecule is Cc1cc(C2=C(c3cc(F)c(S(N)(=O)=O)c(F)c3)COC2=O)ccc1Br. The maximum atomic E-state index is 14.2. The normalized spacial score (nSPS) is 14.7. The summed E-state index contributed by atoms with van der Waals surface area (Å²) < 4.78 is 56.8. The lowest BCUT2D eigenvalue weighted by Gasteiger charge is -2.09. The molecule has 0 saturated carbocycles. The maximum absolute atomic E-state index is 14.2. The summed E-state index contributed by atoms with van der Waals surface area (Å²) in [7, 11) is -4.56. The number of esters is 1. The number of primary sulfonamides is 1. The van der Waals surface area contributed by atoms with Crippen molar-refractivity contribution in [1.29, 1.82) is 0 Å². The third-order valence-corrected chi connectivity index (χ3v) is 5.78. The van der Waals surface area contributed by atoms with Gasteiger partial charge in [-0.15, -0.1) is 0 Å². The lowest BCUT2D eigenvalue weighted by molar-refractivity contribution is -0.133. The van der Waals surface area contributed by atoms with E-state index in [0.717, 1.165) is 22.2 Å². The number of ether oxygens (including phenoxy) is 1. The number of benzene rings is 2. The van der Waals surface area contributed by atoms with Crippen LogP contribution in [0.5, 0.6) is 0 Å². The predicted octanol–water partition coefficient (Wildman–Crippen LogP) is 3.15. The van der Waals surface area contributed by atoms with Crippen LogP contribution < -0.4 is 5.14 Å². The Balaban J connectivity index is 2.22. The molecule has 2 aromatic carbocycles. The molecular formula is C17H12BrF2NO4S. The molecule has 0 bridgehead atoms. The second-order valence-corrected chi connectivity index (χ2v) is 8.06. The number of rotatable bonds is 3. The van der Waals surface area contributed by atoms with Gasteiger partial charge in [-0.3, -0.25) is 0 Å². The summed E-state index contributed by atoms with van der Waals surface area (Å²) in [5, 5.41) is 4.83. The molecule has 1 heterocycles. The zero-order valence-corrected chi connectivity index (χ0v) is 15.7. The van der Waals surface area contributed by atoms with E-state index in [-0.39, 0.29) is 23.3 Å². The number of aryl methyl sites for hydroxylation is 1. The standard InChI is InChI=1S/C17H12BrF2NO4S/c1-8-4-9(2-3-12(8)18)15-11(7-25-17(15)22)10-5-13(19)16(14(20)6-10)26(21,23)24/h2-6H,7H2,1H3,(H2,21,23,24). The molecule has 26 heavy (non-hydrogen) atoms. The van der Waals surface area contributed by atoms with Crippen LogP contribution in [-0.2, 0) is 19.6 Å². The number of sulfonamides is 1. The fraction of sp³-hybridized carbons (Fsp3) is 0.118. The average molecular weight is 444 g/mol. The molecule has 0 unspecified atom stereocenters. The molecule has 0 amide bonds. The van der Waals surface area contributed by atoms with E-state index in [1.54, 1.807) is 18.2 Å². The molecule has 0 spiro atoms. The highest BCUT2D eigenvalue weighted by Gasteiger charge is 2.30. The van der Waals surface area contributed by atoms with Gasteiger partial charge in [-0.05, 0) is 41.8 Å². The first kappa shape index (κ1) is 18.7. The zero-order chi connectivity index (χ0) is 19.2. The topological polar surface area (TPSA) is 86.5 Å². The second-order valence-electron chi connectivity index (χ2n) is 5.71. The van der Waals surface area contributed by atoms with Crippen LogP contribution in [0.2, 0.25) is 0 Å². The van der Waals surface area contributed by atoms with Crippen LogP contribution in [0, 0.1) is 18.6 Å². The van der Waals surface area contributed by atoms with Crippen molar-refractivity contribution in [2.75, 3.05) is 6.61 Å². The van der Waals surface area contributed by atoms with Gasteiger partial charge in [-0.1, -0.05) is 28.1 Å². The monoisotopic (exact) mass is 443 g/mol. The van der Waals surface area contributed by atoms with Crippen LogP contribution in [0.15, 0.2) is 39.7 Å². The molecule has 1 aliphatic rings. The lowest BCUT2D eigenvalue weighted by atomic mass is 9.95. The van der Waals surface area contributed by atoms with Gasteiger partial charge in [0, 0.05) is 10.0 Å². The van der Waals surface area contributed by atoms with E-state index in [0.29, 0.717) is 5.56 Å². The van der Waals surface area contributed by atoms with Crippen molar-refractivity contribution < 1.29 is 26.7 Å². The van der Waals surface area contributed by atoms with Crippen LogP contribution in [0.3, 0.4) is 0 Å². The van der Waals surface area contributed by atoms with Crippen molar-refractivity contribution in [3.05, 3.63) is 63.1 Å². The third-order valence-electron chi connectivity index (χ3n) is 3.93. The van der Waals surface area contributed by atoms with E-state index in [2.05, 4.69) is 15.9 Å². The minimum Gasteiger partial charge on any atom is -0.457 e. The van der Waals surface area contributed by atoms with Crippen molar-refractivity contribution in [3.63, 3.8) is 0 Å². The summed E-state index contributed by atoms with van der Waals surface area (Å²) >= 11 is 3.36. The molecule has 0 aliphatic carbocycles. The molecule has 2 aromatic rings. The van der Waals surface area contributed by atoms with Gasteiger partial charge >= 0.3 is 5.97 Å². The summed E-state index contributed by atoms with van der Waals surface area (Å²) in [6, 6.07) is 6.80. The summed E-state index contributed by atoms with van der Waals surface area (Å²) in [4.78, 5) is 10.9. The molecule has 0 fully saturated rings. The molecule has 0 radical (unpaired) electrons. The average Bonchev–Trinajstić information content (AvgIpc) is 2.89. The quantitative estimate of drug-likeness (QED) is 0.738. The van der Waals surface area contributed by atoms with E-state index in [1.807, 2.05) is 6.92 Å². The van der Waals surface area contributed by atoms with Crippen LogP contribution in [0.1, 0.15) is 16.7 Å². The van der Waals surface area contributed by atoms with Gasteiger partial charge in [0.05, 0.1) is 5.57 Å². The fourth-order valence-corrected chi connectivity index (χ4v) is 3.64. The highest BCUT2D eigenvalue weighted by molar-refractivity contribution is 9.10. The minimum atomic E-state index is -4.56. The zero-order valence-electron chi connectivity index (χ0n) is 13.3. The molecule has 0 aromatic heterocycles. The summed E-state index contributed by atoms with van der Waals surface area (Å²) in [5.41, 5.74) is 1.82. The van der Waals surface area contributed by atoms with Gasteiger partial charge in [-0.25, -0.2) is 27.1 Å². The third kappa shape index (κ3) is 3.29. The van der Waals surface area contributed by atoms with E-state index >= 15 is 0 Å². The smallest absolute Gasteiger partial charge is 0.339 e. The Morgan fingerprint density at radius 2 is 1.73 bits per heavy atom. The number of nitrogens with two attached hydrogens (primary N) is 1. The Labute approximate surface area is 156 Å². The van der Waals surface area contributed by atoms with Crippen LogP contribution in [0.25, 0.3) is 11.1 Å². The van der Waals surface area contributed by atoms with E-state index < -0.39 is 32.5 Å². The van der Waals surface area contributed by atoms with Gasteiger partial charge < -0.3 is 4.74 Å². The summed E-state index contributed by atoms with van der Waals surface area (Å²) in [6.45, 7) is 1.64. The number of halogens is 3. The van der Waals surface area contributed by atoms with Crippen molar-refractivity contribution in [2.45, 2.75) is 11.8 Å². The minimum absolute atomic E-state index is 0.00817. The molecule has 1 aliphatic heterocycles. The Bertz CT molecular complexity index is 1060. The highest BCUT2D eigenvalue weighted by Crippen LogP contribution is 2.35. The van der Waals surface area contributed by atoms with Gasteiger partial charge in [0.2, 0.25) is 10.0 Å². The van der Waals surface area contributed by atoms with Gasteiger partial charge in [0.15, 0.2) is 4.90 Å². The van der Waals surface area contributed by atoms with Crippen molar-refractivity contribution >= 4 is 43.1 Å². The first-order chi connectivity index (χ1) is 12.1. The number of hydrogen-bond acceptors (Lipinski definition) is 4. The largest absolute Gasteiger partial charge is 0.457 e. The number of cyclic esters (lactones) is 1. The van der Waals surface area contributed by atoms with E-state index in [1.165, 1.54) is 0 Å². The van der Waals surface area contributed by atoms with Gasteiger partial charge in [-0.2, -0.15) is 0 Å². The van der Waals surface area contributed by atoms with Crippen LogP contribution >= 0.6 is 15.9 Å². The van der Waals surface area contributed by atoms with Crippen LogP contribution in [0.4, 0.5) is 8.78 Å². The number of hydrogen-bond donors (Lipinski definition) is 1. The highest BCUT2D eigenvalue weighted by atomic mass is 79.9. The molecule has 5 nitrogen and oxygen atoms in total. The Kier molecular flexibility index (Phi) is 4.72. The van der Waals surface area contributed by atoms with Crippen LogP contribution in [-0.4, -0.2) is 21.0 Å². The van der Waals surface area contributed by atoms with E-state index in [4.69, 9.17) is 9.88 Å². The fourth-order valence-electron chi connectivity index (χ4n) is 2.73. The van der Waals surface area contributed by atoms with Gasteiger partial charge in [0.25, 0.3) is 0 Å². The van der Waals surface area contributed by atoms with E-state index in [9.17, 15) is 22.0 Å². The summed E-state index contributed by atoms with van der Waals surface area (Å²) in [5.74, 6) is -3.29. The molecule has 0 saturated heterocycles. The summed E-state index contributed by atoms with van der Waals surface area (Å²) in [6.07, 6.45) is 0. The number of carbonyl (C=O) groups excluding carboxylic acids is 1. The molecule has 2 N–H and O–H groups in total. The van der Waals surface area contributed by atoms with Crippen molar-refractivity contribution in [3.8, 4) is 0 Å². The number of carbonyl (C=O) groups is 1. The first-order valence-corrected chi connectivity index (χ1v) is 9.62. The molecule has 136 valence electrons. The van der Waals surface area contributed by atoms with Crippen molar-refractivity contribution in [2.24, 2.45) is 5.14 Å². The molecule has 3 rings (SSSR count).